The molecule has 0 saturated heterocycles. The van der Waals surface area contributed by atoms with Crippen molar-refractivity contribution in [2.45, 2.75) is 67.1 Å². The number of aryl methyl sites for hydroxylation is 4. The Kier molecular flexibility index (Phi) is 29.0. The van der Waals surface area contributed by atoms with Crippen molar-refractivity contribution < 1.29 is 30.6 Å². The van der Waals surface area contributed by atoms with Gasteiger partial charge in [-0.1, -0.05) is 168 Å². The third kappa shape index (κ3) is 20.7. The summed E-state index contributed by atoms with van der Waals surface area (Å²) in [6.07, 6.45) is 0. The standard InChI is InChI=1S/2C32H34N8O2.2C7H7O.3Mg/c2*1-21-15-23(31(41)29(17-21)39-33-25-9-5-6-10-26(25)34-39)19-38(14-13-37(3)4)20-24-16-22(2)18-30(32(24)42)40-35-27-11-7-8-12-28(27)36-40;2*8-6-7-4-2-1-3-5-7;;;/h2*5-12,15-18,41-42H,13-14,19-20H2,1-4H3;2*1-5H,6H2;;;/q;;2*-1;3*+2/p-4. The van der Waals surface area contributed by atoms with Crippen LogP contribution in [0, 0.1) is 27.7 Å². The Balaban J connectivity index is 0.000000209. The second-order valence-electron chi connectivity index (χ2n) is 25.3. The second-order valence-corrected chi connectivity index (χ2v) is 25.3. The van der Waals surface area contributed by atoms with Crippen LogP contribution < -0.4 is 30.6 Å². The molecule has 14 rings (SSSR count). The van der Waals surface area contributed by atoms with Crippen molar-refractivity contribution >= 4 is 113 Å². The predicted octanol–water partition coefficient (Wildman–Crippen LogP) is 6.92. The molecule has 0 fully saturated rings. The molecule has 0 N–H and O–H groups in total. The first kappa shape index (κ1) is 79.8. The van der Waals surface area contributed by atoms with Crippen LogP contribution in [-0.2, 0) is 39.4 Å². The summed E-state index contributed by atoms with van der Waals surface area (Å²) in [4.78, 5) is 14.2. The first-order valence-electron chi connectivity index (χ1n) is 32.9. The number of fused-ring (bicyclic) bond motifs is 4. The van der Waals surface area contributed by atoms with Gasteiger partial charge in [0, 0.05) is 52.4 Å². The van der Waals surface area contributed by atoms with E-state index in [4.69, 9.17) is 0 Å². The fraction of sp³-hybridized carbons (Fsp3) is 0.231. The molecule has 25 heteroatoms. The summed E-state index contributed by atoms with van der Waals surface area (Å²) in [6.45, 7) is 11.9. The minimum atomic E-state index is -0.129. The second kappa shape index (κ2) is 37.5. The maximum absolute atomic E-state index is 13.8. The summed E-state index contributed by atoms with van der Waals surface area (Å²) in [5.74, 6) is -0.517. The summed E-state index contributed by atoms with van der Waals surface area (Å²) in [7, 11) is 8.03. The summed E-state index contributed by atoms with van der Waals surface area (Å²) in [5.41, 5.74) is 15.4. The van der Waals surface area contributed by atoms with Gasteiger partial charge in [0.05, 0.1) is 22.7 Å². The molecule has 14 aromatic rings. The maximum Gasteiger partial charge on any atom is 2.00 e. The molecular weight excluding hydrogens is 1330 g/mol. The van der Waals surface area contributed by atoms with Crippen molar-refractivity contribution in [1.29, 1.82) is 0 Å². The van der Waals surface area contributed by atoms with E-state index >= 15 is 0 Å². The Bertz CT molecular complexity index is 4360. The van der Waals surface area contributed by atoms with Crippen LogP contribution in [0.5, 0.6) is 23.0 Å². The van der Waals surface area contributed by atoms with E-state index in [1.165, 1.54) is 19.2 Å². The molecule has 0 aliphatic rings. The van der Waals surface area contributed by atoms with Gasteiger partial charge in [-0.05, 0) is 173 Å². The van der Waals surface area contributed by atoms with E-state index in [0.29, 0.717) is 84.3 Å². The number of likely N-dealkylation sites (N-methyl/N-ethyl adjacent to an activating group) is 2. The van der Waals surface area contributed by atoms with Gasteiger partial charge in [0.15, 0.2) is 0 Å². The molecule has 22 nitrogen and oxygen atoms in total. The van der Waals surface area contributed by atoms with Crippen molar-refractivity contribution in [3.63, 3.8) is 0 Å². The molecule has 4 aromatic heterocycles. The van der Waals surface area contributed by atoms with Crippen LogP contribution in [0.2, 0.25) is 0 Å². The van der Waals surface area contributed by atoms with Gasteiger partial charge < -0.3 is 40.4 Å². The first-order chi connectivity index (χ1) is 48.4. The Morgan fingerprint density at radius 3 is 0.650 bits per heavy atom. The minimum Gasteiger partial charge on any atom is -0.871 e. The third-order valence-electron chi connectivity index (χ3n) is 16.5. The van der Waals surface area contributed by atoms with Crippen LogP contribution in [0.25, 0.3) is 66.9 Å². The van der Waals surface area contributed by atoms with Gasteiger partial charge in [0.25, 0.3) is 0 Å². The monoisotopic (exact) mass is 1410 g/mol. The van der Waals surface area contributed by atoms with Gasteiger partial charge in [-0.25, -0.2) is 0 Å². The summed E-state index contributed by atoms with van der Waals surface area (Å²) >= 11 is 0. The Morgan fingerprint density at radius 1 is 0.282 bits per heavy atom. The molecular formula is C78H78Mg3N16O6. The molecule has 0 unspecified atom stereocenters. The minimum absolute atomic E-state index is 0. The number of aromatic nitrogens is 12. The average molecular weight is 1410 g/mol. The third-order valence-corrected chi connectivity index (χ3v) is 16.5. The normalized spacial score (nSPS) is 11.1. The number of rotatable bonds is 20. The van der Waals surface area contributed by atoms with E-state index in [1.54, 1.807) is 0 Å². The number of nitrogens with zero attached hydrogens (tertiary/aromatic N) is 16. The average Bonchev–Trinajstić information content (AvgIpc) is 1.76. The van der Waals surface area contributed by atoms with Gasteiger partial charge in [0.1, 0.15) is 44.1 Å². The van der Waals surface area contributed by atoms with Crippen LogP contribution in [0.4, 0.5) is 0 Å². The fourth-order valence-corrected chi connectivity index (χ4v) is 11.5. The SMILES string of the molecule is Cc1cc(CN(CCN(C)C)Cc2cc(C)cc(-n3nc4ccccc4n3)c2[O-])c([O-])c(-n2nc3ccccc3n2)c1.Cc1cc(CN(CCN(C)C)Cc2cc(C)cc(-n3nc4ccccc4n3)c2[O-])c([O-])c(-n2nc3ccccc3n2)c1.[Mg+2].[Mg+2].[Mg+2].[O-]Cc1ccccc1.[O-]Cc1ccccc1. The zero-order valence-corrected chi connectivity index (χ0v) is 63.7. The van der Waals surface area contributed by atoms with Crippen LogP contribution >= 0.6 is 0 Å². The van der Waals surface area contributed by atoms with Gasteiger partial charge in [-0.15, -0.1) is 54.0 Å². The maximum atomic E-state index is 13.8. The molecule has 0 radical (unpaired) electrons. The molecule has 512 valence electrons. The Labute approximate surface area is 647 Å². The quantitative estimate of drug-likeness (QED) is 0.0700. The summed E-state index contributed by atoms with van der Waals surface area (Å²) < 4.78 is 0. The van der Waals surface area contributed by atoms with E-state index in [9.17, 15) is 30.6 Å². The summed E-state index contributed by atoms with van der Waals surface area (Å²) in [5, 5.41) is 112. The van der Waals surface area contributed by atoms with Crippen molar-refractivity contribution in [2.75, 3.05) is 54.4 Å². The van der Waals surface area contributed by atoms with Crippen molar-refractivity contribution in [1.82, 2.24) is 79.6 Å². The molecule has 4 heterocycles. The number of hydrogen-bond acceptors (Lipinski definition) is 18. The largest absolute Gasteiger partial charge is 2.00 e. The smallest absolute Gasteiger partial charge is 0.871 e. The van der Waals surface area contributed by atoms with E-state index < -0.39 is 0 Å². The molecule has 0 saturated carbocycles. The molecule has 0 spiro atoms. The van der Waals surface area contributed by atoms with Gasteiger partial charge in [-0.3, -0.25) is 9.80 Å². The molecule has 103 heavy (non-hydrogen) atoms. The van der Waals surface area contributed by atoms with Crippen LogP contribution in [0.3, 0.4) is 0 Å². The Morgan fingerprint density at radius 2 is 0.476 bits per heavy atom. The summed E-state index contributed by atoms with van der Waals surface area (Å²) in [6, 6.07) is 63.7. The van der Waals surface area contributed by atoms with Crippen LogP contribution in [-0.4, -0.2) is 203 Å². The molecule has 0 aliphatic heterocycles. The molecule has 10 aromatic carbocycles. The van der Waals surface area contributed by atoms with Crippen molar-refractivity contribution in [3.05, 3.63) is 262 Å². The van der Waals surface area contributed by atoms with Gasteiger partial charge >= 0.3 is 69.2 Å². The Hall–Kier alpha value is -8.94. The topological polar surface area (TPSA) is 274 Å². The predicted molar refractivity (Wildman–Crippen MR) is 395 cm³/mol. The van der Waals surface area contributed by atoms with E-state index in [2.05, 4.69) is 60.4 Å². The van der Waals surface area contributed by atoms with Crippen LogP contribution in [0.1, 0.15) is 55.6 Å². The molecule has 0 aliphatic carbocycles. The van der Waals surface area contributed by atoms with Crippen molar-refractivity contribution in [2.24, 2.45) is 0 Å². The number of benzene rings is 10. The number of hydrogen-bond donors (Lipinski definition) is 0. The van der Waals surface area contributed by atoms with Gasteiger partial charge in [-0.2, -0.15) is 19.2 Å². The van der Waals surface area contributed by atoms with E-state index in [0.717, 1.165) is 90.6 Å². The molecule has 0 bridgehead atoms. The van der Waals surface area contributed by atoms with Gasteiger partial charge in [0.2, 0.25) is 0 Å². The van der Waals surface area contributed by atoms with E-state index in [-0.39, 0.29) is 105 Å². The molecule has 0 atom stereocenters. The fourth-order valence-electron chi connectivity index (χ4n) is 11.5. The van der Waals surface area contributed by atoms with E-state index in [1.807, 2.05) is 262 Å². The van der Waals surface area contributed by atoms with Crippen LogP contribution in [0.15, 0.2) is 206 Å². The first-order valence-corrected chi connectivity index (χ1v) is 32.9. The van der Waals surface area contributed by atoms with Crippen molar-refractivity contribution in [3.8, 4) is 45.7 Å². The zero-order chi connectivity index (χ0) is 70.4. The zero-order valence-electron chi connectivity index (χ0n) is 59.4. The molecule has 0 amide bonds.